The van der Waals surface area contributed by atoms with E-state index in [2.05, 4.69) is 10.9 Å². The Morgan fingerprint density at radius 1 is 1.15 bits per heavy atom. The van der Waals surface area contributed by atoms with Gasteiger partial charge in [-0.25, -0.2) is 0 Å². The Kier molecular flexibility index (Phi) is 5.51. The SMILES string of the molecule is N/N=C\[C@@H](O)[C@@H](O)[C@H](O)[C@@H](O)CO. The fourth-order valence-corrected chi connectivity index (χ4v) is 0.714. The average molecular weight is 194 g/mol. The zero-order valence-corrected chi connectivity index (χ0v) is 6.85. The molecule has 0 heterocycles. The van der Waals surface area contributed by atoms with Gasteiger partial charge in [0.2, 0.25) is 0 Å². The lowest BCUT2D eigenvalue weighted by molar-refractivity contribution is -0.0999. The molecule has 0 saturated carbocycles. The van der Waals surface area contributed by atoms with E-state index in [1.807, 2.05) is 0 Å². The van der Waals surface area contributed by atoms with Crippen molar-refractivity contribution in [2.45, 2.75) is 24.4 Å². The Morgan fingerprint density at radius 2 is 1.69 bits per heavy atom. The van der Waals surface area contributed by atoms with Crippen LogP contribution in [0.3, 0.4) is 0 Å². The number of aliphatic hydroxyl groups excluding tert-OH is 5. The largest absolute Gasteiger partial charge is 0.394 e. The highest BCUT2D eigenvalue weighted by Gasteiger charge is 2.28. The molecule has 0 aliphatic carbocycles. The monoisotopic (exact) mass is 194 g/mol. The maximum absolute atomic E-state index is 9.10. The van der Waals surface area contributed by atoms with Crippen molar-refractivity contribution in [2.24, 2.45) is 10.9 Å². The first kappa shape index (κ1) is 12.3. The van der Waals surface area contributed by atoms with Gasteiger partial charge in [0.1, 0.15) is 24.4 Å². The smallest absolute Gasteiger partial charge is 0.119 e. The Bertz CT molecular complexity index is 165. The highest BCUT2D eigenvalue weighted by Crippen LogP contribution is 2.03. The van der Waals surface area contributed by atoms with Crippen molar-refractivity contribution in [3.63, 3.8) is 0 Å². The fraction of sp³-hybridized carbons (Fsp3) is 0.833. The second-order valence-electron chi connectivity index (χ2n) is 2.52. The molecular weight excluding hydrogens is 180 g/mol. The summed E-state index contributed by atoms with van der Waals surface area (Å²) >= 11 is 0. The predicted molar refractivity (Wildman–Crippen MR) is 43.8 cm³/mol. The maximum Gasteiger partial charge on any atom is 0.119 e. The predicted octanol–water partition coefficient (Wildman–Crippen LogP) is -3.63. The van der Waals surface area contributed by atoms with Gasteiger partial charge in [-0.3, -0.25) is 0 Å². The summed E-state index contributed by atoms with van der Waals surface area (Å²) < 4.78 is 0. The molecule has 0 spiro atoms. The van der Waals surface area contributed by atoms with Crippen molar-refractivity contribution in [1.29, 1.82) is 0 Å². The molecule has 0 radical (unpaired) electrons. The van der Waals surface area contributed by atoms with Crippen LogP contribution in [0.15, 0.2) is 5.10 Å². The molecule has 0 aliphatic rings. The standard InChI is InChI=1S/C6H14N2O5/c7-8-1-3(10)5(12)6(13)4(11)2-9/h1,3-6,9-13H,2,7H2/b8-1-/t3-,4+,5-,6-/m1/s1. The lowest BCUT2D eigenvalue weighted by atomic mass is 10.0. The van der Waals surface area contributed by atoms with Crippen molar-refractivity contribution < 1.29 is 25.5 Å². The van der Waals surface area contributed by atoms with E-state index in [0.29, 0.717) is 0 Å². The number of hydrogen-bond donors (Lipinski definition) is 6. The Morgan fingerprint density at radius 3 is 2.08 bits per heavy atom. The zero-order chi connectivity index (χ0) is 10.4. The van der Waals surface area contributed by atoms with Crippen molar-refractivity contribution >= 4 is 6.21 Å². The summed E-state index contributed by atoms with van der Waals surface area (Å²) in [6, 6.07) is 0. The van der Waals surface area contributed by atoms with Crippen LogP contribution in [0, 0.1) is 0 Å². The maximum atomic E-state index is 9.10. The van der Waals surface area contributed by atoms with Crippen LogP contribution < -0.4 is 5.84 Å². The minimum absolute atomic E-state index is 0.718. The summed E-state index contributed by atoms with van der Waals surface area (Å²) in [6.45, 7) is -0.718. The summed E-state index contributed by atoms with van der Waals surface area (Å²) in [5.74, 6) is 4.68. The number of aliphatic hydroxyl groups is 5. The quantitative estimate of drug-likeness (QED) is 0.152. The van der Waals surface area contributed by atoms with Crippen LogP contribution in [0.1, 0.15) is 0 Å². The molecule has 0 aromatic carbocycles. The van der Waals surface area contributed by atoms with Gasteiger partial charge in [-0.05, 0) is 0 Å². The molecule has 4 atom stereocenters. The molecule has 0 bridgehead atoms. The van der Waals surface area contributed by atoms with E-state index in [1.54, 1.807) is 0 Å². The molecule has 0 aromatic heterocycles. The third-order valence-electron chi connectivity index (χ3n) is 1.52. The van der Waals surface area contributed by atoms with Crippen molar-refractivity contribution in [3.8, 4) is 0 Å². The van der Waals surface area contributed by atoms with Gasteiger partial charge < -0.3 is 31.4 Å². The van der Waals surface area contributed by atoms with E-state index in [9.17, 15) is 0 Å². The first-order valence-corrected chi connectivity index (χ1v) is 3.61. The fourth-order valence-electron chi connectivity index (χ4n) is 0.714. The van der Waals surface area contributed by atoms with E-state index in [1.165, 1.54) is 0 Å². The van der Waals surface area contributed by atoms with Gasteiger partial charge in [-0.2, -0.15) is 5.10 Å². The van der Waals surface area contributed by atoms with Crippen molar-refractivity contribution in [3.05, 3.63) is 0 Å². The molecule has 7 nitrogen and oxygen atoms in total. The summed E-state index contributed by atoms with van der Waals surface area (Å²) in [5.41, 5.74) is 0. The minimum atomic E-state index is -1.65. The van der Waals surface area contributed by atoms with Crippen LogP contribution in [-0.2, 0) is 0 Å². The zero-order valence-electron chi connectivity index (χ0n) is 6.85. The molecule has 7 heteroatoms. The van der Waals surface area contributed by atoms with Crippen LogP contribution in [0.2, 0.25) is 0 Å². The Hall–Kier alpha value is -0.730. The molecule has 0 rings (SSSR count). The van der Waals surface area contributed by atoms with Gasteiger partial charge >= 0.3 is 0 Å². The molecule has 0 fully saturated rings. The first-order valence-electron chi connectivity index (χ1n) is 3.61. The van der Waals surface area contributed by atoms with E-state index in [4.69, 9.17) is 25.5 Å². The van der Waals surface area contributed by atoms with Crippen LogP contribution in [0.25, 0.3) is 0 Å². The van der Waals surface area contributed by atoms with Gasteiger partial charge in [-0.1, -0.05) is 0 Å². The highest BCUT2D eigenvalue weighted by molar-refractivity contribution is 5.63. The molecule has 7 N–H and O–H groups in total. The summed E-state index contributed by atoms with van der Waals surface area (Å²) in [4.78, 5) is 0. The van der Waals surface area contributed by atoms with Gasteiger partial charge in [0, 0.05) is 0 Å². The van der Waals surface area contributed by atoms with Crippen LogP contribution in [0.5, 0.6) is 0 Å². The summed E-state index contributed by atoms with van der Waals surface area (Å²) in [5, 5.41) is 47.4. The number of nitrogens with two attached hydrogens (primary N) is 1. The van der Waals surface area contributed by atoms with Crippen LogP contribution in [-0.4, -0.2) is 62.8 Å². The number of rotatable bonds is 5. The van der Waals surface area contributed by atoms with Gasteiger partial charge in [0.05, 0.1) is 12.8 Å². The topological polar surface area (TPSA) is 140 Å². The van der Waals surface area contributed by atoms with Crippen molar-refractivity contribution in [1.82, 2.24) is 0 Å². The third kappa shape index (κ3) is 3.66. The first-order chi connectivity index (χ1) is 6.04. The van der Waals surface area contributed by atoms with Crippen LogP contribution >= 0.6 is 0 Å². The average Bonchev–Trinajstić information content (AvgIpc) is 2.14. The minimum Gasteiger partial charge on any atom is -0.394 e. The van der Waals surface area contributed by atoms with E-state index in [0.717, 1.165) is 6.21 Å². The lowest BCUT2D eigenvalue weighted by Crippen LogP contribution is -2.46. The molecule has 13 heavy (non-hydrogen) atoms. The van der Waals surface area contributed by atoms with Crippen LogP contribution in [0.4, 0.5) is 0 Å². The van der Waals surface area contributed by atoms with E-state index < -0.39 is 31.0 Å². The number of nitrogens with zero attached hydrogens (tertiary/aromatic N) is 1. The molecule has 0 aromatic rings. The second kappa shape index (κ2) is 5.84. The molecule has 0 saturated heterocycles. The van der Waals surface area contributed by atoms with E-state index >= 15 is 0 Å². The Labute approximate surface area is 74.7 Å². The highest BCUT2D eigenvalue weighted by atomic mass is 16.4. The molecular formula is C6H14N2O5. The van der Waals surface area contributed by atoms with Gasteiger partial charge in [0.25, 0.3) is 0 Å². The third-order valence-corrected chi connectivity index (χ3v) is 1.52. The lowest BCUT2D eigenvalue weighted by Gasteiger charge is -2.23. The Balaban J connectivity index is 4.15. The molecule has 0 unspecified atom stereocenters. The van der Waals surface area contributed by atoms with E-state index in [-0.39, 0.29) is 0 Å². The molecule has 0 amide bonds. The number of hydrogen-bond acceptors (Lipinski definition) is 7. The molecule has 0 aliphatic heterocycles. The van der Waals surface area contributed by atoms with Gasteiger partial charge in [0.15, 0.2) is 0 Å². The number of hydrazone groups is 1. The van der Waals surface area contributed by atoms with Crippen molar-refractivity contribution in [2.75, 3.05) is 6.61 Å². The molecule has 78 valence electrons. The van der Waals surface area contributed by atoms with Gasteiger partial charge in [-0.15, -0.1) is 0 Å². The second-order valence-corrected chi connectivity index (χ2v) is 2.52. The summed E-state index contributed by atoms with van der Waals surface area (Å²) in [6.07, 6.45) is -5.50. The summed E-state index contributed by atoms with van der Waals surface area (Å²) in [7, 11) is 0. The normalized spacial score (nSPS) is 21.3.